The third-order valence-corrected chi connectivity index (χ3v) is 6.33. The minimum atomic E-state index is -0.442. The van der Waals surface area contributed by atoms with Gasteiger partial charge in [0.1, 0.15) is 5.82 Å². The lowest BCUT2D eigenvalue weighted by Gasteiger charge is -2.35. The van der Waals surface area contributed by atoms with Gasteiger partial charge in [0.25, 0.3) is 0 Å². The Balaban J connectivity index is 1.15. The molecule has 1 unspecified atom stereocenters. The zero-order chi connectivity index (χ0) is 23.5. The fraction of sp³-hybridized carbons (Fsp3) is 0.292. The number of aromatic nitrogens is 3. The van der Waals surface area contributed by atoms with E-state index in [0.717, 1.165) is 37.7 Å². The predicted octanol–water partition coefficient (Wildman–Crippen LogP) is 2.84. The summed E-state index contributed by atoms with van der Waals surface area (Å²) in [5.74, 6) is 0.858. The summed E-state index contributed by atoms with van der Waals surface area (Å²) in [4.78, 5) is 44.5. The first-order valence-corrected chi connectivity index (χ1v) is 11.5. The molecule has 4 heterocycles. The van der Waals surface area contributed by atoms with Crippen LogP contribution in [0, 0.1) is 5.92 Å². The molecular weight excluding hydrogens is 454 g/mol. The molecule has 2 amide bonds. The van der Waals surface area contributed by atoms with Gasteiger partial charge in [0.2, 0.25) is 17.8 Å². The summed E-state index contributed by atoms with van der Waals surface area (Å²) in [5, 5.41) is 3.45. The molecule has 3 aromatic rings. The Bertz CT molecular complexity index is 1150. The standard InChI is InChI=1S/C24H24ClN7O2/c25-18-4-6-20(7-5-18)32-16-17(13-22(32)33)23(34)29-19-14-27-24(28-15-19)31-11-9-30(10-12-31)21-3-1-2-8-26-21/h1-8,14-15,17H,9-13,16H2,(H,29,34). The molecule has 1 atom stereocenters. The van der Waals surface area contributed by atoms with Crippen molar-refractivity contribution in [2.24, 2.45) is 5.92 Å². The zero-order valence-corrected chi connectivity index (χ0v) is 19.2. The number of anilines is 4. The van der Waals surface area contributed by atoms with Gasteiger partial charge in [0.15, 0.2) is 0 Å². The Morgan fingerprint density at radius 1 is 0.941 bits per heavy atom. The van der Waals surface area contributed by atoms with Crippen LogP contribution in [-0.4, -0.2) is 59.5 Å². The van der Waals surface area contributed by atoms with E-state index in [4.69, 9.17) is 11.6 Å². The molecule has 0 saturated carbocycles. The van der Waals surface area contributed by atoms with Gasteiger partial charge < -0.3 is 20.0 Å². The lowest BCUT2D eigenvalue weighted by molar-refractivity contribution is -0.122. The fourth-order valence-electron chi connectivity index (χ4n) is 4.22. The van der Waals surface area contributed by atoms with Crippen LogP contribution in [0.15, 0.2) is 61.1 Å². The summed E-state index contributed by atoms with van der Waals surface area (Å²) >= 11 is 5.93. The summed E-state index contributed by atoms with van der Waals surface area (Å²) in [6.45, 7) is 3.56. The lowest BCUT2D eigenvalue weighted by atomic mass is 10.1. The molecule has 10 heteroatoms. The number of pyridine rings is 1. The first-order valence-electron chi connectivity index (χ1n) is 11.2. The van der Waals surface area contributed by atoms with E-state index >= 15 is 0 Å². The van der Waals surface area contributed by atoms with Gasteiger partial charge in [0, 0.05) is 56.1 Å². The van der Waals surface area contributed by atoms with E-state index in [-0.39, 0.29) is 18.2 Å². The van der Waals surface area contributed by atoms with Crippen LogP contribution in [-0.2, 0) is 9.59 Å². The highest BCUT2D eigenvalue weighted by atomic mass is 35.5. The lowest BCUT2D eigenvalue weighted by Crippen LogP contribution is -2.47. The van der Waals surface area contributed by atoms with Crippen LogP contribution in [0.5, 0.6) is 0 Å². The number of hydrogen-bond acceptors (Lipinski definition) is 7. The molecule has 0 bridgehead atoms. The Labute approximate surface area is 202 Å². The molecule has 1 N–H and O–H groups in total. The van der Waals surface area contributed by atoms with Crippen molar-refractivity contribution in [3.8, 4) is 0 Å². The van der Waals surface area contributed by atoms with Crippen LogP contribution in [0.25, 0.3) is 0 Å². The Morgan fingerprint density at radius 3 is 2.32 bits per heavy atom. The van der Waals surface area contributed by atoms with E-state index in [9.17, 15) is 9.59 Å². The number of halogens is 1. The number of nitrogens with one attached hydrogen (secondary N) is 1. The number of amides is 2. The van der Waals surface area contributed by atoms with Crippen molar-refractivity contribution in [2.45, 2.75) is 6.42 Å². The van der Waals surface area contributed by atoms with Gasteiger partial charge in [-0.05, 0) is 36.4 Å². The fourth-order valence-corrected chi connectivity index (χ4v) is 4.35. The van der Waals surface area contributed by atoms with E-state index in [1.807, 2.05) is 18.2 Å². The number of benzene rings is 1. The molecule has 2 aliphatic heterocycles. The molecule has 9 nitrogen and oxygen atoms in total. The van der Waals surface area contributed by atoms with Crippen molar-refractivity contribution in [3.05, 3.63) is 66.1 Å². The SMILES string of the molecule is O=C(Nc1cnc(N2CCN(c3ccccn3)CC2)nc1)C1CC(=O)N(c2ccc(Cl)cc2)C1. The largest absolute Gasteiger partial charge is 0.353 e. The normalized spacial score (nSPS) is 18.3. The van der Waals surface area contributed by atoms with Crippen LogP contribution in [0.1, 0.15) is 6.42 Å². The number of carbonyl (C=O) groups excluding carboxylic acids is 2. The average Bonchev–Trinajstić information content (AvgIpc) is 3.27. The van der Waals surface area contributed by atoms with Gasteiger partial charge in [-0.1, -0.05) is 17.7 Å². The van der Waals surface area contributed by atoms with Crippen LogP contribution >= 0.6 is 11.6 Å². The van der Waals surface area contributed by atoms with Gasteiger partial charge in [-0.15, -0.1) is 0 Å². The number of rotatable bonds is 5. The van der Waals surface area contributed by atoms with Crippen molar-refractivity contribution >= 4 is 46.6 Å². The maximum absolute atomic E-state index is 12.8. The highest BCUT2D eigenvalue weighted by molar-refractivity contribution is 6.30. The van der Waals surface area contributed by atoms with E-state index < -0.39 is 5.92 Å². The summed E-state index contributed by atoms with van der Waals surface area (Å²) in [6, 6.07) is 12.9. The van der Waals surface area contributed by atoms with Crippen molar-refractivity contribution in [1.29, 1.82) is 0 Å². The van der Waals surface area contributed by atoms with Gasteiger partial charge in [0.05, 0.1) is 24.0 Å². The van der Waals surface area contributed by atoms with Crippen molar-refractivity contribution in [2.75, 3.05) is 52.7 Å². The molecule has 0 spiro atoms. The Kier molecular flexibility index (Phi) is 6.27. The van der Waals surface area contributed by atoms with E-state index in [2.05, 4.69) is 30.1 Å². The number of hydrogen-bond donors (Lipinski definition) is 1. The molecule has 2 fully saturated rings. The zero-order valence-electron chi connectivity index (χ0n) is 18.5. The third kappa shape index (κ3) is 4.79. The summed E-state index contributed by atoms with van der Waals surface area (Å²) in [7, 11) is 0. The first-order chi connectivity index (χ1) is 16.6. The van der Waals surface area contributed by atoms with Gasteiger partial charge >= 0.3 is 0 Å². The van der Waals surface area contributed by atoms with Crippen LogP contribution in [0.3, 0.4) is 0 Å². The van der Waals surface area contributed by atoms with Gasteiger partial charge in [-0.3, -0.25) is 9.59 Å². The molecule has 2 aliphatic rings. The Hall–Kier alpha value is -3.72. The number of carbonyl (C=O) groups is 2. The molecule has 0 aliphatic carbocycles. The molecular formula is C24H24ClN7O2. The summed E-state index contributed by atoms with van der Waals surface area (Å²) < 4.78 is 0. The topological polar surface area (TPSA) is 94.6 Å². The van der Waals surface area contributed by atoms with E-state index in [0.29, 0.717) is 23.2 Å². The maximum atomic E-state index is 12.8. The quantitative estimate of drug-likeness (QED) is 0.603. The van der Waals surface area contributed by atoms with Crippen molar-refractivity contribution in [3.63, 3.8) is 0 Å². The molecule has 0 radical (unpaired) electrons. The highest BCUT2D eigenvalue weighted by Gasteiger charge is 2.35. The number of piperazine rings is 1. The van der Waals surface area contributed by atoms with Crippen LogP contribution < -0.4 is 20.0 Å². The number of nitrogens with zero attached hydrogens (tertiary/aromatic N) is 6. The minimum absolute atomic E-state index is 0.0843. The molecule has 5 rings (SSSR count). The highest BCUT2D eigenvalue weighted by Crippen LogP contribution is 2.27. The van der Waals surface area contributed by atoms with Crippen molar-refractivity contribution < 1.29 is 9.59 Å². The average molecular weight is 478 g/mol. The predicted molar refractivity (Wildman–Crippen MR) is 131 cm³/mol. The van der Waals surface area contributed by atoms with Crippen LogP contribution in [0.4, 0.5) is 23.1 Å². The smallest absolute Gasteiger partial charge is 0.229 e. The minimum Gasteiger partial charge on any atom is -0.353 e. The van der Waals surface area contributed by atoms with Gasteiger partial charge in [-0.2, -0.15) is 0 Å². The molecule has 34 heavy (non-hydrogen) atoms. The second kappa shape index (κ2) is 9.64. The van der Waals surface area contributed by atoms with Crippen LogP contribution in [0.2, 0.25) is 5.02 Å². The Morgan fingerprint density at radius 2 is 1.65 bits per heavy atom. The molecule has 1 aromatic carbocycles. The summed E-state index contributed by atoms with van der Waals surface area (Å²) in [5.41, 5.74) is 1.25. The van der Waals surface area contributed by atoms with Gasteiger partial charge in [-0.25, -0.2) is 15.0 Å². The second-order valence-electron chi connectivity index (χ2n) is 8.30. The second-order valence-corrected chi connectivity index (χ2v) is 8.74. The maximum Gasteiger partial charge on any atom is 0.229 e. The molecule has 2 aromatic heterocycles. The molecule has 2 saturated heterocycles. The van der Waals surface area contributed by atoms with E-state index in [1.54, 1.807) is 47.8 Å². The molecule has 174 valence electrons. The van der Waals surface area contributed by atoms with E-state index in [1.165, 1.54) is 0 Å². The monoisotopic (exact) mass is 477 g/mol. The third-order valence-electron chi connectivity index (χ3n) is 6.08. The first kappa shape index (κ1) is 22.1. The summed E-state index contributed by atoms with van der Waals surface area (Å²) in [6.07, 6.45) is 5.18. The van der Waals surface area contributed by atoms with Crippen molar-refractivity contribution in [1.82, 2.24) is 15.0 Å².